The Bertz CT molecular complexity index is 1070. The van der Waals surface area contributed by atoms with Crippen molar-refractivity contribution in [1.82, 2.24) is 20.1 Å². The molecule has 0 aliphatic carbocycles. The first-order chi connectivity index (χ1) is 15.0. The SMILES string of the molecule is CCn1c(CNC(=O)c2cccc(OC)c2)nnc1SCC(=O)Nc1cccc(F)c1. The average molecular weight is 444 g/mol. The fourth-order valence-electron chi connectivity index (χ4n) is 2.79. The number of anilines is 1. The van der Waals surface area contributed by atoms with Gasteiger partial charge in [0.15, 0.2) is 11.0 Å². The summed E-state index contributed by atoms with van der Waals surface area (Å²) in [5.74, 6) is 0.302. The highest BCUT2D eigenvalue weighted by Crippen LogP contribution is 2.18. The Morgan fingerprint density at radius 1 is 1.16 bits per heavy atom. The fraction of sp³-hybridized carbons (Fsp3) is 0.238. The third kappa shape index (κ3) is 6.05. The van der Waals surface area contributed by atoms with Crippen LogP contribution >= 0.6 is 11.8 Å². The standard InChI is InChI=1S/C21H22FN5O3S/c1-3-27-18(12-23-20(29)14-6-4-9-17(10-14)30-2)25-26-21(27)31-13-19(28)24-16-8-5-7-15(22)11-16/h4-11H,3,12-13H2,1-2H3,(H,23,29)(H,24,28). The van der Waals surface area contributed by atoms with Crippen LogP contribution in [0.1, 0.15) is 23.1 Å². The fourth-order valence-corrected chi connectivity index (χ4v) is 3.61. The first-order valence-electron chi connectivity index (χ1n) is 9.52. The number of nitrogens with one attached hydrogen (secondary N) is 2. The number of rotatable bonds is 9. The summed E-state index contributed by atoms with van der Waals surface area (Å²) in [6.45, 7) is 2.69. The molecule has 0 radical (unpaired) electrons. The van der Waals surface area contributed by atoms with E-state index in [0.717, 1.165) is 0 Å². The van der Waals surface area contributed by atoms with Gasteiger partial charge in [-0.2, -0.15) is 0 Å². The Morgan fingerprint density at radius 2 is 1.97 bits per heavy atom. The van der Waals surface area contributed by atoms with Gasteiger partial charge in [-0.05, 0) is 43.3 Å². The van der Waals surface area contributed by atoms with E-state index in [4.69, 9.17) is 4.74 Å². The molecular formula is C21H22FN5O3S. The number of aromatic nitrogens is 3. The maximum Gasteiger partial charge on any atom is 0.251 e. The number of carbonyl (C=O) groups excluding carboxylic acids is 2. The van der Waals surface area contributed by atoms with Gasteiger partial charge in [-0.3, -0.25) is 9.59 Å². The van der Waals surface area contributed by atoms with Gasteiger partial charge in [-0.15, -0.1) is 10.2 Å². The Morgan fingerprint density at radius 3 is 2.71 bits per heavy atom. The second-order valence-corrected chi connectivity index (χ2v) is 7.35. The van der Waals surface area contributed by atoms with Crippen LogP contribution in [0.2, 0.25) is 0 Å². The van der Waals surface area contributed by atoms with Crippen molar-refractivity contribution >= 4 is 29.3 Å². The van der Waals surface area contributed by atoms with Crippen molar-refractivity contribution in [1.29, 1.82) is 0 Å². The van der Waals surface area contributed by atoms with Crippen LogP contribution in [0.15, 0.2) is 53.7 Å². The minimum Gasteiger partial charge on any atom is -0.497 e. The van der Waals surface area contributed by atoms with Gasteiger partial charge in [0.1, 0.15) is 11.6 Å². The van der Waals surface area contributed by atoms with E-state index in [1.54, 1.807) is 37.4 Å². The van der Waals surface area contributed by atoms with Crippen LogP contribution < -0.4 is 15.4 Å². The van der Waals surface area contributed by atoms with E-state index in [1.165, 1.54) is 30.0 Å². The van der Waals surface area contributed by atoms with E-state index in [-0.39, 0.29) is 24.1 Å². The third-order valence-corrected chi connectivity index (χ3v) is 5.26. The van der Waals surface area contributed by atoms with Crippen molar-refractivity contribution in [3.63, 3.8) is 0 Å². The molecule has 0 unspecified atom stereocenters. The van der Waals surface area contributed by atoms with Gasteiger partial charge >= 0.3 is 0 Å². The highest BCUT2D eigenvalue weighted by molar-refractivity contribution is 7.99. The predicted molar refractivity (Wildman–Crippen MR) is 116 cm³/mol. The lowest BCUT2D eigenvalue weighted by molar-refractivity contribution is -0.113. The number of carbonyl (C=O) groups is 2. The number of nitrogens with zero attached hydrogens (tertiary/aromatic N) is 3. The summed E-state index contributed by atoms with van der Waals surface area (Å²) in [6, 6.07) is 12.5. The maximum atomic E-state index is 13.2. The molecule has 1 heterocycles. The highest BCUT2D eigenvalue weighted by atomic mass is 32.2. The molecule has 0 aliphatic heterocycles. The van der Waals surface area contributed by atoms with E-state index in [1.807, 2.05) is 11.5 Å². The second-order valence-electron chi connectivity index (χ2n) is 6.40. The summed E-state index contributed by atoms with van der Waals surface area (Å²) < 4.78 is 20.2. The van der Waals surface area contributed by atoms with Gasteiger partial charge in [0.2, 0.25) is 5.91 Å². The number of benzene rings is 2. The van der Waals surface area contributed by atoms with Gasteiger partial charge in [0.05, 0.1) is 19.4 Å². The molecule has 8 nitrogen and oxygen atoms in total. The van der Waals surface area contributed by atoms with Gasteiger partial charge in [-0.1, -0.05) is 23.9 Å². The highest BCUT2D eigenvalue weighted by Gasteiger charge is 2.15. The van der Waals surface area contributed by atoms with E-state index >= 15 is 0 Å². The molecule has 0 atom stereocenters. The smallest absolute Gasteiger partial charge is 0.251 e. The summed E-state index contributed by atoms with van der Waals surface area (Å²) >= 11 is 1.21. The first-order valence-corrected chi connectivity index (χ1v) is 10.5. The maximum absolute atomic E-state index is 13.2. The molecule has 0 fully saturated rings. The monoisotopic (exact) mass is 443 g/mol. The number of amides is 2. The summed E-state index contributed by atoms with van der Waals surface area (Å²) in [7, 11) is 1.54. The Labute approximate surface area is 183 Å². The number of hydrogen-bond donors (Lipinski definition) is 2. The van der Waals surface area contributed by atoms with Crippen LogP contribution in [0, 0.1) is 5.82 Å². The second kappa shape index (κ2) is 10.6. The lowest BCUT2D eigenvalue weighted by Gasteiger charge is -2.09. The van der Waals surface area contributed by atoms with Crippen molar-refractivity contribution in [2.75, 3.05) is 18.2 Å². The molecule has 2 aromatic carbocycles. The van der Waals surface area contributed by atoms with Crippen LogP contribution in [0.25, 0.3) is 0 Å². The lowest BCUT2D eigenvalue weighted by Crippen LogP contribution is -2.24. The average Bonchev–Trinajstić information content (AvgIpc) is 3.17. The van der Waals surface area contributed by atoms with Gasteiger partial charge in [0, 0.05) is 17.8 Å². The zero-order chi connectivity index (χ0) is 22.2. The van der Waals surface area contributed by atoms with Crippen molar-refractivity contribution in [2.24, 2.45) is 0 Å². The Kier molecular flexibility index (Phi) is 7.60. The van der Waals surface area contributed by atoms with E-state index < -0.39 is 5.82 Å². The molecule has 0 saturated carbocycles. The summed E-state index contributed by atoms with van der Waals surface area (Å²) in [4.78, 5) is 24.5. The van der Waals surface area contributed by atoms with Crippen LogP contribution in [-0.2, 0) is 17.9 Å². The zero-order valence-corrected chi connectivity index (χ0v) is 17.9. The van der Waals surface area contributed by atoms with Gasteiger partial charge in [0.25, 0.3) is 5.91 Å². The number of halogens is 1. The predicted octanol–water partition coefficient (Wildman–Crippen LogP) is 3.11. The van der Waals surface area contributed by atoms with Crippen LogP contribution in [0.5, 0.6) is 5.75 Å². The largest absolute Gasteiger partial charge is 0.497 e. The molecule has 0 spiro atoms. The van der Waals surface area contributed by atoms with E-state index in [0.29, 0.717) is 34.5 Å². The van der Waals surface area contributed by atoms with Gasteiger partial charge in [-0.25, -0.2) is 4.39 Å². The molecule has 162 valence electrons. The topological polar surface area (TPSA) is 98.1 Å². The Hall–Kier alpha value is -3.40. The molecular weight excluding hydrogens is 421 g/mol. The molecule has 2 N–H and O–H groups in total. The summed E-state index contributed by atoms with van der Waals surface area (Å²) in [5, 5.41) is 14.3. The first kappa shape index (κ1) is 22.3. The Balaban J connectivity index is 1.57. The molecule has 31 heavy (non-hydrogen) atoms. The minimum absolute atomic E-state index is 0.0881. The molecule has 10 heteroatoms. The van der Waals surface area contributed by atoms with E-state index in [9.17, 15) is 14.0 Å². The molecule has 0 aliphatic rings. The van der Waals surface area contributed by atoms with Crippen molar-refractivity contribution in [2.45, 2.75) is 25.2 Å². The normalized spacial score (nSPS) is 10.5. The minimum atomic E-state index is -0.420. The number of thioether (sulfide) groups is 1. The van der Waals surface area contributed by atoms with Crippen LogP contribution in [0.4, 0.5) is 10.1 Å². The number of methoxy groups -OCH3 is 1. The van der Waals surface area contributed by atoms with Crippen LogP contribution in [-0.4, -0.2) is 39.4 Å². The van der Waals surface area contributed by atoms with Crippen LogP contribution in [0.3, 0.4) is 0 Å². The quantitative estimate of drug-likeness (QED) is 0.493. The molecule has 2 amide bonds. The van der Waals surface area contributed by atoms with Crippen molar-refractivity contribution < 1.29 is 18.7 Å². The lowest BCUT2D eigenvalue weighted by atomic mass is 10.2. The van der Waals surface area contributed by atoms with Crippen molar-refractivity contribution in [3.05, 3.63) is 65.7 Å². The molecule has 0 bridgehead atoms. The number of hydrogen-bond acceptors (Lipinski definition) is 6. The zero-order valence-electron chi connectivity index (χ0n) is 17.1. The summed E-state index contributed by atoms with van der Waals surface area (Å²) in [6.07, 6.45) is 0. The molecule has 3 aromatic rings. The van der Waals surface area contributed by atoms with E-state index in [2.05, 4.69) is 20.8 Å². The molecule has 3 rings (SSSR count). The summed E-state index contributed by atoms with van der Waals surface area (Å²) in [5.41, 5.74) is 0.869. The molecule has 0 saturated heterocycles. The van der Waals surface area contributed by atoms with Gasteiger partial charge < -0.3 is 19.9 Å². The third-order valence-electron chi connectivity index (χ3n) is 4.29. The van der Waals surface area contributed by atoms with Crippen molar-refractivity contribution in [3.8, 4) is 5.75 Å². The number of ether oxygens (including phenoxy) is 1. The molecule has 1 aromatic heterocycles.